The number of nitrogens with zero attached hydrogens (tertiary/aromatic N) is 2. The summed E-state index contributed by atoms with van der Waals surface area (Å²) in [5, 5.41) is 2.43. The molecule has 2 aromatic rings. The lowest BCUT2D eigenvalue weighted by Crippen LogP contribution is -2.40. The molecule has 1 aromatic heterocycles. The zero-order valence-electron chi connectivity index (χ0n) is 26.9. The van der Waals surface area contributed by atoms with Crippen molar-refractivity contribution in [3.8, 4) is 17.0 Å². The van der Waals surface area contributed by atoms with Gasteiger partial charge in [-0.3, -0.25) is 9.59 Å². The first-order valence-corrected chi connectivity index (χ1v) is 16.7. The molecule has 3 fully saturated rings. The van der Waals surface area contributed by atoms with E-state index in [0.717, 1.165) is 44.6 Å². The fourth-order valence-electron chi connectivity index (χ4n) is 6.32. The number of hydrogen-bond acceptors (Lipinski definition) is 6. The van der Waals surface area contributed by atoms with Crippen molar-refractivity contribution in [2.75, 3.05) is 13.2 Å². The number of fused-ring (bicyclic) bond motifs is 1. The first-order chi connectivity index (χ1) is 23.0. The van der Waals surface area contributed by atoms with Crippen LogP contribution in [0.25, 0.3) is 11.3 Å². The molecule has 48 heavy (non-hydrogen) atoms. The minimum absolute atomic E-state index is 0.0603. The van der Waals surface area contributed by atoms with E-state index < -0.39 is 28.0 Å². The first-order valence-electron chi connectivity index (χ1n) is 16.4. The van der Waals surface area contributed by atoms with E-state index in [0.29, 0.717) is 34.2 Å². The van der Waals surface area contributed by atoms with Crippen LogP contribution in [0.15, 0.2) is 71.6 Å². The zero-order chi connectivity index (χ0) is 33.9. The number of nitrogens with one attached hydrogen (secondary N) is 1. The van der Waals surface area contributed by atoms with Crippen molar-refractivity contribution in [2.24, 2.45) is 17.6 Å². The van der Waals surface area contributed by atoms with Crippen molar-refractivity contribution in [2.45, 2.75) is 69.8 Å². The molecule has 2 amide bonds. The molecule has 3 saturated carbocycles. The van der Waals surface area contributed by atoms with Crippen LogP contribution in [0.5, 0.6) is 5.75 Å². The fraction of sp³-hybridized carbons (Fsp3) is 0.405. The van der Waals surface area contributed by atoms with E-state index in [-0.39, 0.29) is 54.0 Å². The molecule has 250 valence electrons. The number of carbonyl (C=O) groups excluding carboxylic acids is 2. The molecule has 3 aliphatic carbocycles. The molecule has 0 unspecified atom stereocenters. The highest BCUT2D eigenvalue weighted by Crippen LogP contribution is 2.49. The maximum absolute atomic E-state index is 15.4. The van der Waals surface area contributed by atoms with Crippen LogP contribution in [-0.2, 0) is 19.7 Å². The van der Waals surface area contributed by atoms with E-state index in [9.17, 15) is 14.0 Å². The number of allylic oxidation sites excluding steroid dienone is 1. The number of pyridine rings is 1. The average Bonchev–Trinajstić information content (AvgIpc) is 3.91. The van der Waals surface area contributed by atoms with Gasteiger partial charge in [0.2, 0.25) is 5.91 Å². The zero-order valence-corrected chi connectivity index (χ0v) is 27.6. The molecule has 0 radical (unpaired) electrons. The number of halogens is 3. The molecule has 8 nitrogen and oxygen atoms in total. The summed E-state index contributed by atoms with van der Waals surface area (Å²) in [6.45, 7) is 7.79. The summed E-state index contributed by atoms with van der Waals surface area (Å²) in [6.07, 6.45) is 11.6. The van der Waals surface area contributed by atoms with Gasteiger partial charge in [-0.15, -0.1) is 0 Å². The lowest BCUT2D eigenvalue weighted by atomic mass is 9.82. The van der Waals surface area contributed by atoms with E-state index in [1.54, 1.807) is 25.3 Å². The van der Waals surface area contributed by atoms with E-state index in [2.05, 4.69) is 24.6 Å². The Bertz CT molecular complexity index is 1870. The lowest BCUT2D eigenvalue weighted by Gasteiger charge is -2.27. The second-order valence-electron chi connectivity index (χ2n) is 13.6. The second-order valence-corrected chi connectivity index (χ2v) is 14.0. The van der Waals surface area contributed by atoms with E-state index in [4.69, 9.17) is 31.8 Å². The summed E-state index contributed by atoms with van der Waals surface area (Å²) < 4.78 is 41.6. The highest BCUT2D eigenvalue weighted by molar-refractivity contribution is 6.31. The molecule has 7 rings (SSSR count). The van der Waals surface area contributed by atoms with E-state index in [1.165, 1.54) is 11.6 Å². The average molecular weight is 675 g/mol. The van der Waals surface area contributed by atoms with Gasteiger partial charge in [0.25, 0.3) is 5.91 Å². The number of hydrogen-bond donors (Lipinski definition) is 2. The first kappa shape index (κ1) is 32.2. The van der Waals surface area contributed by atoms with Gasteiger partial charge in [-0.2, -0.15) is 0 Å². The molecule has 5 aliphatic rings. The number of rotatable bonds is 11. The number of amides is 2. The summed E-state index contributed by atoms with van der Waals surface area (Å²) in [7, 11) is 0. The minimum Gasteiger partial charge on any atom is -0.489 e. The molecular formula is C37H37ClF2N4O4. The normalized spacial score (nSPS) is 22.6. The van der Waals surface area contributed by atoms with Crippen LogP contribution in [0.2, 0.25) is 5.02 Å². The van der Waals surface area contributed by atoms with Gasteiger partial charge in [-0.05, 0) is 88.5 Å². The quantitative estimate of drug-likeness (QED) is 0.204. The molecule has 2 aliphatic heterocycles. The Hall–Kier alpha value is -4.40. The van der Waals surface area contributed by atoms with Crippen LogP contribution in [0.1, 0.15) is 69.5 Å². The third-order valence-electron chi connectivity index (χ3n) is 9.85. The van der Waals surface area contributed by atoms with Crippen LogP contribution in [0.4, 0.5) is 8.78 Å². The second kappa shape index (κ2) is 12.2. The van der Waals surface area contributed by atoms with Crippen molar-refractivity contribution in [3.63, 3.8) is 0 Å². The van der Waals surface area contributed by atoms with Crippen LogP contribution in [0, 0.1) is 23.5 Å². The summed E-state index contributed by atoms with van der Waals surface area (Å²) in [5.41, 5.74) is 10.9. The number of nitrogens with two attached hydrogens (primary N) is 1. The van der Waals surface area contributed by atoms with Crippen LogP contribution < -0.4 is 15.8 Å². The Morgan fingerprint density at radius 3 is 2.67 bits per heavy atom. The van der Waals surface area contributed by atoms with Crippen LogP contribution in [-0.4, -0.2) is 41.0 Å². The van der Waals surface area contributed by atoms with Crippen molar-refractivity contribution < 1.29 is 27.8 Å². The molecule has 3 heterocycles. The molecule has 11 heteroatoms. The van der Waals surface area contributed by atoms with Crippen molar-refractivity contribution in [1.82, 2.24) is 15.2 Å². The van der Waals surface area contributed by atoms with Crippen molar-refractivity contribution >= 4 is 23.4 Å². The predicted octanol–water partition coefficient (Wildman–Crippen LogP) is 6.67. The highest BCUT2D eigenvalue weighted by atomic mass is 35.5. The Balaban J connectivity index is 1.22. The number of benzene rings is 1. The molecular weight excluding hydrogens is 638 g/mol. The Morgan fingerprint density at radius 1 is 1.27 bits per heavy atom. The SMILES string of the molecule is C=C=C1C(OC2CC2)=CC(C(=O)NC[C@H](c2cc3c(c(-c4ccc(F)c(Cl)c4F)n2)OC[C@]3(C)C(N)=O)C2CC2)=CN1/C=C(\C)C1CC1. The van der Waals surface area contributed by atoms with Gasteiger partial charge >= 0.3 is 0 Å². The monoisotopic (exact) mass is 674 g/mol. The summed E-state index contributed by atoms with van der Waals surface area (Å²) in [4.78, 5) is 33.2. The highest BCUT2D eigenvalue weighted by Gasteiger charge is 2.45. The standard InChI is InChI=1S/C37H37ClF2N4O4/c1-4-29-30(48-23-9-10-23)13-22(17-44(29)16-19(2)20-5-6-20)35(45)42-15-25(21-7-8-21)28-14-26-34(47-18-37(26,3)36(41)46)33(43-28)24-11-12-27(39)31(38)32(24)40/h11-14,16-17,20-21,23,25H,1,5-10,15,18H2,2-3H3,(H2,41,46)(H,42,45)/b19-16+/t25-,37-/m0/s1. The molecule has 0 saturated heterocycles. The maximum atomic E-state index is 15.4. The molecule has 0 bridgehead atoms. The number of carbonyl (C=O) groups is 2. The van der Waals surface area contributed by atoms with Gasteiger partial charge in [0.1, 0.15) is 40.0 Å². The molecule has 0 spiro atoms. The summed E-state index contributed by atoms with van der Waals surface area (Å²) in [5.74, 6) is -1.61. The van der Waals surface area contributed by atoms with Crippen molar-refractivity contribution in [3.05, 3.63) is 99.5 Å². The molecule has 2 atom stereocenters. The van der Waals surface area contributed by atoms with Crippen LogP contribution in [0.3, 0.4) is 0 Å². The summed E-state index contributed by atoms with van der Waals surface area (Å²) >= 11 is 5.95. The van der Waals surface area contributed by atoms with E-state index in [1.807, 2.05) is 11.1 Å². The van der Waals surface area contributed by atoms with E-state index >= 15 is 4.39 Å². The third-order valence-corrected chi connectivity index (χ3v) is 10.2. The van der Waals surface area contributed by atoms with Gasteiger partial charge in [-0.25, -0.2) is 13.8 Å². The molecule has 3 N–H and O–H groups in total. The predicted molar refractivity (Wildman–Crippen MR) is 176 cm³/mol. The number of aromatic nitrogens is 1. The van der Waals surface area contributed by atoms with Gasteiger partial charge < -0.3 is 25.4 Å². The topological polar surface area (TPSA) is 107 Å². The van der Waals surface area contributed by atoms with Crippen molar-refractivity contribution in [1.29, 1.82) is 0 Å². The van der Waals surface area contributed by atoms with Gasteiger partial charge in [0, 0.05) is 41.7 Å². The smallest absolute Gasteiger partial charge is 0.252 e. The maximum Gasteiger partial charge on any atom is 0.252 e. The number of primary amides is 1. The minimum atomic E-state index is -1.21. The van der Waals surface area contributed by atoms with Gasteiger partial charge in [0.15, 0.2) is 11.6 Å². The Labute approximate surface area is 283 Å². The van der Waals surface area contributed by atoms with Crippen LogP contribution >= 0.6 is 11.6 Å². The fourth-order valence-corrected chi connectivity index (χ4v) is 6.48. The lowest BCUT2D eigenvalue weighted by molar-refractivity contribution is -0.123. The Morgan fingerprint density at radius 2 is 2.02 bits per heavy atom. The largest absolute Gasteiger partial charge is 0.489 e. The summed E-state index contributed by atoms with van der Waals surface area (Å²) in [6, 6.07) is 4.08. The van der Waals surface area contributed by atoms with Gasteiger partial charge in [-0.1, -0.05) is 29.5 Å². The Kier molecular flexibility index (Phi) is 8.20. The third kappa shape index (κ3) is 6.03. The number of ether oxygens (including phenoxy) is 2. The van der Waals surface area contributed by atoms with Gasteiger partial charge in [0.05, 0.1) is 11.7 Å². The molecule has 1 aromatic carbocycles.